The fourth-order valence-corrected chi connectivity index (χ4v) is 5.21. The number of nitrogens with one attached hydrogen (secondary N) is 1. The van der Waals surface area contributed by atoms with Crippen LogP contribution >= 0.6 is 0 Å². The van der Waals surface area contributed by atoms with Crippen LogP contribution in [0.2, 0.25) is 0 Å². The number of hydrogen-bond donors (Lipinski definition) is 1. The van der Waals surface area contributed by atoms with Crippen LogP contribution in [0.3, 0.4) is 0 Å². The second kappa shape index (κ2) is 11.0. The van der Waals surface area contributed by atoms with Crippen molar-refractivity contribution in [3.05, 3.63) is 95.3 Å². The topological polar surface area (TPSA) is 76.5 Å². The number of piperidine rings is 1. The van der Waals surface area contributed by atoms with Gasteiger partial charge in [-0.05, 0) is 36.1 Å². The van der Waals surface area contributed by atoms with Crippen molar-refractivity contribution in [1.82, 2.24) is 14.5 Å². The lowest BCUT2D eigenvalue weighted by Crippen LogP contribution is -2.39. The van der Waals surface area contributed by atoms with Crippen LogP contribution in [-0.4, -0.2) is 46.5 Å². The Morgan fingerprint density at radius 1 is 1.05 bits per heavy atom. The number of carbonyl (C=O) groups is 2. The maximum absolute atomic E-state index is 14.0. The van der Waals surface area contributed by atoms with Gasteiger partial charge in [0, 0.05) is 38.9 Å². The van der Waals surface area contributed by atoms with Gasteiger partial charge in [0.25, 0.3) is 5.91 Å². The van der Waals surface area contributed by atoms with Crippen molar-refractivity contribution in [3.8, 4) is 0 Å². The monoisotopic (exact) mass is 496 g/mol. The van der Waals surface area contributed by atoms with Gasteiger partial charge in [0.2, 0.25) is 5.91 Å². The molecule has 1 aromatic heterocycles. The Labute approximate surface area is 217 Å². The number of nitrogens with zero attached hydrogens (tertiary/aromatic N) is 3. The summed E-state index contributed by atoms with van der Waals surface area (Å²) in [6.07, 6.45) is 2.26. The molecule has 1 aliphatic heterocycles. The van der Waals surface area contributed by atoms with Gasteiger partial charge in [-0.25, -0.2) is 4.98 Å². The third kappa shape index (κ3) is 5.42. The second-order valence-corrected chi connectivity index (χ2v) is 9.62. The normalized spacial score (nSPS) is 15.6. The van der Waals surface area contributed by atoms with E-state index in [1.807, 2.05) is 71.1 Å². The molecule has 1 N–H and O–H groups in total. The van der Waals surface area contributed by atoms with Crippen LogP contribution in [0, 0.1) is 0 Å². The highest BCUT2D eigenvalue weighted by Gasteiger charge is 2.28. The average Bonchev–Trinajstić information content (AvgIpc) is 3.24. The van der Waals surface area contributed by atoms with Gasteiger partial charge in [-0.2, -0.15) is 0 Å². The maximum Gasteiger partial charge on any atom is 0.256 e. The SMILES string of the molecule is COCc1nc2cc(NC(=O)Cc3ccccc3)cc(C(=O)N3CCC[C@@H](c4ccccc4)C3)c2n1C. The Balaban J connectivity index is 1.47. The number of anilines is 1. The molecule has 2 heterocycles. The molecule has 190 valence electrons. The molecular weight excluding hydrogens is 464 g/mol. The summed E-state index contributed by atoms with van der Waals surface area (Å²) in [6, 6.07) is 23.6. The van der Waals surface area contributed by atoms with Gasteiger partial charge in [0.15, 0.2) is 0 Å². The van der Waals surface area contributed by atoms with Crippen molar-refractivity contribution in [2.45, 2.75) is 31.8 Å². The van der Waals surface area contributed by atoms with Crippen LogP contribution in [-0.2, 0) is 29.6 Å². The molecule has 0 bridgehead atoms. The summed E-state index contributed by atoms with van der Waals surface area (Å²) in [4.78, 5) is 33.5. The van der Waals surface area contributed by atoms with Crippen LogP contribution in [0.1, 0.15) is 46.1 Å². The van der Waals surface area contributed by atoms with E-state index in [4.69, 9.17) is 9.72 Å². The summed E-state index contributed by atoms with van der Waals surface area (Å²) >= 11 is 0. The van der Waals surface area contributed by atoms with E-state index in [0.717, 1.165) is 29.7 Å². The van der Waals surface area contributed by atoms with Gasteiger partial charge in [-0.3, -0.25) is 9.59 Å². The van der Waals surface area contributed by atoms with Gasteiger partial charge >= 0.3 is 0 Å². The number of ether oxygens (including phenoxy) is 1. The number of amides is 2. The summed E-state index contributed by atoms with van der Waals surface area (Å²) < 4.78 is 7.25. The minimum absolute atomic E-state index is 0.0447. The molecule has 0 spiro atoms. The third-order valence-corrected chi connectivity index (χ3v) is 7.04. The van der Waals surface area contributed by atoms with Crippen molar-refractivity contribution >= 4 is 28.5 Å². The van der Waals surface area contributed by atoms with Crippen molar-refractivity contribution < 1.29 is 14.3 Å². The molecule has 1 saturated heterocycles. The maximum atomic E-state index is 14.0. The number of benzene rings is 3. The molecule has 1 fully saturated rings. The lowest BCUT2D eigenvalue weighted by molar-refractivity contribution is -0.115. The zero-order valence-electron chi connectivity index (χ0n) is 21.3. The minimum Gasteiger partial charge on any atom is -0.377 e. The van der Waals surface area contributed by atoms with Crippen LogP contribution in [0.25, 0.3) is 11.0 Å². The van der Waals surface area contributed by atoms with Crippen LogP contribution in [0.5, 0.6) is 0 Å². The van der Waals surface area contributed by atoms with Gasteiger partial charge in [-0.1, -0.05) is 60.7 Å². The molecule has 1 aliphatic rings. The van der Waals surface area contributed by atoms with E-state index in [2.05, 4.69) is 17.4 Å². The Morgan fingerprint density at radius 2 is 1.78 bits per heavy atom. The van der Waals surface area contributed by atoms with Gasteiger partial charge in [-0.15, -0.1) is 0 Å². The Kier molecular flexibility index (Phi) is 7.32. The second-order valence-electron chi connectivity index (χ2n) is 9.62. The predicted molar refractivity (Wildman–Crippen MR) is 145 cm³/mol. The smallest absolute Gasteiger partial charge is 0.256 e. The number of aryl methyl sites for hydroxylation is 1. The minimum atomic E-state index is -0.140. The van der Waals surface area contributed by atoms with Crippen molar-refractivity contribution in [2.75, 3.05) is 25.5 Å². The molecule has 7 heteroatoms. The van der Waals surface area contributed by atoms with E-state index in [9.17, 15) is 9.59 Å². The molecule has 1 atom stereocenters. The number of imidazole rings is 1. The number of likely N-dealkylation sites (tertiary alicyclic amines) is 1. The zero-order chi connectivity index (χ0) is 25.8. The number of methoxy groups -OCH3 is 1. The Morgan fingerprint density at radius 3 is 2.51 bits per heavy atom. The van der Waals surface area contributed by atoms with E-state index in [1.165, 1.54) is 5.56 Å². The number of carbonyl (C=O) groups excluding carboxylic acids is 2. The zero-order valence-corrected chi connectivity index (χ0v) is 21.3. The van der Waals surface area contributed by atoms with Gasteiger partial charge < -0.3 is 19.5 Å². The highest BCUT2D eigenvalue weighted by atomic mass is 16.5. The van der Waals surface area contributed by atoms with Gasteiger partial charge in [0.1, 0.15) is 12.4 Å². The van der Waals surface area contributed by atoms with E-state index >= 15 is 0 Å². The summed E-state index contributed by atoms with van der Waals surface area (Å²) in [7, 11) is 3.52. The first-order chi connectivity index (χ1) is 18.0. The molecule has 7 nitrogen and oxygen atoms in total. The van der Waals surface area contributed by atoms with E-state index in [0.29, 0.717) is 42.4 Å². The third-order valence-electron chi connectivity index (χ3n) is 7.04. The Bertz CT molecular complexity index is 1400. The average molecular weight is 497 g/mol. The highest BCUT2D eigenvalue weighted by Crippen LogP contribution is 2.31. The quantitative estimate of drug-likeness (QED) is 0.394. The number of aromatic nitrogens is 2. The van der Waals surface area contributed by atoms with Gasteiger partial charge in [0.05, 0.1) is 23.0 Å². The molecule has 0 saturated carbocycles. The van der Waals surface area contributed by atoms with Crippen molar-refractivity contribution in [1.29, 1.82) is 0 Å². The molecular formula is C30H32N4O3. The first-order valence-corrected chi connectivity index (χ1v) is 12.7. The molecule has 3 aromatic carbocycles. The van der Waals surface area contributed by atoms with Crippen LogP contribution in [0.4, 0.5) is 5.69 Å². The molecule has 0 radical (unpaired) electrons. The fourth-order valence-electron chi connectivity index (χ4n) is 5.21. The summed E-state index contributed by atoms with van der Waals surface area (Å²) in [5, 5.41) is 2.99. The number of hydrogen-bond acceptors (Lipinski definition) is 4. The standard InChI is InChI=1S/C30H32N4O3/c1-33-27(20-37-2)32-26-18-24(31-28(35)16-21-10-5-3-6-11-21)17-25(29(26)33)30(36)34-15-9-14-23(19-34)22-12-7-4-8-13-22/h3-8,10-13,17-18,23H,9,14-16,19-20H2,1-2H3,(H,31,35)/t23-/m1/s1. The first-order valence-electron chi connectivity index (χ1n) is 12.7. The van der Waals surface area contributed by atoms with Crippen molar-refractivity contribution in [3.63, 3.8) is 0 Å². The summed E-state index contributed by atoms with van der Waals surface area (Å²) in [5.74, 6) is 0.842. The molecule has 0 unspecified atom stereocenters. The molecule has 0 aliphatic carbocycles. The van der Waals surface area contributed by atoms with Crippen molar-refractivity contribution in [2.24, 2.45) is 7.05 Å². The summed E-state index contributed by atoms with van der Waals surface area (Å²) in [6.45, 7) is 1.70. The number of rotatable bonds is 7. The number of fused-ring (bicyclic) bond motifs is 1. The lowest BCUT2D eigenvalue weighted by atomic mass is 9.90. The molecule has 4 aromatic rings. The lowest BCUT2D eigenvalue weighted by Gasteiger charge is -2.33. The van der Waals surface area contributed by atoms with E-state index < -0.39 is 0 Å². The van der Waals surface area contributed by atoms with Crippen LogP contribution in [0.15, 0.2) is 72.8 Å². The highest BCUT2D eigenvalue weighted by molar-refractivity contribution is 6.08. The molecule has 2 amide bonds. The summed E-state index contributed by atoms with van der Waals surface area (Å²) in [5.41, 5.74) is 4.70. The van der Waals surface area contributed by atoms with E-state index in [-0.39, 0.29) is 18.2 Å². The fraction of sp³-hybridized carbons (Fsp3) is 0.300. The predicted octanol–water partition coefficient (Wildman–Crippen LogP) is 4.92. The largest absolute Gasteiger partial charge is 0.377 e. The molecule has 5 rings (SSSR count). The first kappa shape index (κ1) is 24.7. The van der Waals surface area contributed by atoms with Crippen LogP contribution < -0.4 is 5.32 Å². The van der Waals surface area contributed by atoms with E-state index in [1.54, 1.807) is 13.2 Å². The molecule has 37 heavy (non-hydrogen) atoms. The Hall–Kier alpha value is -3.97.